The minimum atomic E-state index is -0.276. The molecule has 1 amide bonds. The fourth-order valence-electron chi connectivity index (χ4n) is 2.88. The molecule has 3 nitrogen and oxygen atoms in total. The van der Waals surface area contributed by atoms with Gasteiger partial charge in [0.15, 0.2) is 0 Å². The highest BCUT2D eigenvalue weighted by atomic mass is 16.2. The van der Waals surface area contributed by atoms with Gasteiger partial charge in [-0.1, -0.05) is 48.5 Å². The molecule has 0 aliphatic heterocycles. The van der Waals surface area contributed by atoms with Gasteiger partial charge in [0.05, 0.1) is 5.70 Å². The van der Waals surface area contributed by atoms with Crippen LogP contribution in [0.15, 0.2) is 72.4 Å². The maximum absolute atomic E-state index is 12.5. The van der Waals surface area contributed by atoms with E-state index in [0.29, 0.717) is 16.8 Å². The molecule has 0 saturated heterocycles. The Morgan fingerprint density at radius 2 is 1.57 bits per heavy atom. The predicted molar refractivity (Wildman–Crippen MR) is 90.2 cm³/mol. The number of hydrogen-bond acceptors (Lipinski definition) is 2. The quantitative estimate of drug-likeness (QED) is 0.782. The van der Waals surface area contributed by atoms with Crippen molar-refractivity contribution in [2.24, 2.45) is 0 Å². The molecule has 4 rings (SSSR count). The second-order valence-corrected chi connectivity index (χ2v) is 5.46. The van der Waals surface area contributed by atoms with Crippen molar-refractivity contribution in [2.45, 2.75) is 0 Å². The van der Waals surface area contributed by atoms with Crippen LogP contribution >= 0.6 is 0 Å². The van der Waals surface area contributed by atoms with Crippen molar-refractivity contribution in [1.29, 1.82) is 0 Å². The van der Waals surface area contributed by atoms with Gasteiger partial charge in [-0.25, -0.2) is 0 Å². The van der Waals surface area contributed by atoms with Gasteiger partial charge in [0.2, 0.25) is 5.78 Å². The molecule has 0 saturated carbocycles. The molecule has 1 aliphatic rings. The lowest BCUT2D eigenvalue weighted by Gasteiger charge is -2.05. The van der Waals surface area contributed by atoms with Gasteiger partial charge in [-0.15, -0.1) is 0 Å². The summed E-state index contributed by atoms with van der Waals surface area (Å²) >= 11 is 0. The molecule has 0 aromatic heterocycles. The number of benzene rings is 3. The summed E-state index contributed by atoms with van der Waals surface area (Å²) < 4.78 is 0. The minimum absolute atomic E-state index is 0.143. The average molecular weight is 299 g/mol. The van der Waals surface area contributed by atoms with Crippen molar-refractivity contribution >= 4 is 28.5 Å². The third-order valence-corrected chi connectivity index (χ3v) is 4.03. The van der Waals surface area contributed by atoms with E-state index >= 15 is 0 Å². The van der Waals surface area contributed by atoms with Gasteiger partial charge in [-0.05, 0) is 40.6 Å². The summed E-state index contributed by atoms with van der Waals surface area (Å²) in [5.41, 5.74) is 2.36. The summed E-state index contributed by atoms with van der Waals surface area (Å²) in [4.78, 5) is 24.8. The van der Waals surface area contributed by atoms with Gasteiger partial charge >= 0.3 is 0 Å². The zero-order chi connectivity index (χ0) is 15.8. The van der Waals surface area contributed by atoms with E-state index in [1.54, 1.807) is 30.3 Å². The lowest BCUT2D eigenvalue weighted by atomic mass is 10.0. The second kappa shape index (κ2) is 5.21. The molecule has 0 bridgehead atoms. The fraction of sp³-hybridized carbons (Fsp3) is 0. The first-order chi connectivity index (χ1) is 11.2. The molecule has 3 aromatic carbocycles. The van der Waals surface area contributed by atoms with Crippen molar-refractivity contribution in [3.63, 3.8) is 0 Å². The van der Waals surface area contributed by atoms with Gasteiger partial charge in [0.1, 0.15) is 0 Å². The Morgan fingerprint density at radius 3 is 2.39 bits per heavy atom. The number of ketones is 1. The molecule has 0 radical (unpaired) electrons. The standard InChI is InChI=1S/C20H13NO2/c22-19-16-11-10-13-6-4-5-9-15(13)17(16)12-18(19)21-20(23)14-7-2-1-3-8-14/h1-12H,(H,21,22,23). The molecule has 0 atom stereocenters. The number of amides is 1. The smallest absolute Gasteiger partial charge is 0.255 e. The molecule has 1 N–H and O–H groups in total. The first-order valence-electron chi connectivity index (χ1n) is 7.38. The normalized spacial score (nSPS) is 12.9. The second-order valence-electron chi connectivity index (χ2n) is 5.46. The molecule has 0 fully saturated rings. The monoisotopic (exact) mass is 299 g/mol. The van der Waals surface area contributed by atoms with Gasteiger partial charge in [0, 0.05) is 11.1 Å². The molecule has 110 valence electrons. The van der Waals surface area contributed by atoms with Gasteiger partial charge in [0.25, 0.3) is 5.91 Å². The molecular weight excluding hydrogens is 286 g/mol. The van der Waals surface area contributed by atoms with E-state index in [-0.39, 0.29) is 11.7 Å². The molecule has 0 heterocycles. The zero-order valence-electron chi connectivity index (χ0n) is 12.2. The summed E-state index contributed by atoms with van der Waals surface area (Å²) in [6.45, 7) is 0. The number of Topliss-reactive ketones (excluding diaryl/α,β-unsaturated/α-hetero) is 1. The van der Waals surface area contributed by atoms with E-state index in [2.05, 4.69) is 5.32 Å². The van der Waals surface area contributed by atoms with E-state index in [9.17, 15) is 9.59 Å². The highest BCUT2D eigenvalue weighted by molar-refractivity contribution is 6.22. The minimum Gasteiger partial charge on any atom is -0.319 e. The summed E-state index contributed by atoms with van der Waals surface area (Å²) in [6, 6.07) is 20.5. The van der Waals surface area contributed by atoms with Crippen LogP contribution in [0, 0.1) is 0 Å². The Morgan fingerprint density at radius 1 is 0.826 bits per heavy atom. The van der Waals surface area contributed by atoms with E-state index < -0.39 is 0 Å². The Balaban J connectivity index is 1.72. The maximum atomic E-state index is 12.5. The van der Waals surface area contributed by atoms with Crippen LogP contribution in [0.1, 0.15) is 26.3 Å². The number of hydrogen-bond donors (Lipinski definition) is 1. The first-order valence-corrected chi connectivity index (χ1v) is 7.38. The summed E-state index contributed by atoms with van der Waals surface area (Å²) in [5, 5.41) is 4.82. The number of fused-ring (bicyclic) bond motifs is 3. The lowest BCUT2D eigenvalue weighted by Crippen LogP contribution is -2.25. The van der Waals surface area contributed by atoms with E-state index in [1.807, 2.05) is 42.5 Å². The number of nitrogens with one attached hydrogen (secondary N) is 1. The molecule has 1 aliphatic carbocycles. The van der Waals surface area contributed by atoms with Crippen molar-refractivity contribution in [1.82, 2.24) is 5.32 Å². The topological polar surface area (TPSA) is 46.2 Å². The Bertz CT molecular complexity index is 971. The molecule has 0 unspecified atom stereocenters. The third-order valence-electron chi connectivity index (χ3n) is 4.03. The fourth-order valence-corrected chi connectivity index (χ4v) is 2.88. The van der Waals surface area contributed by atoms with Crippen molar-refractivity contribution < 1.29 is 9.59 Å². The van der Waals surface area contributed by atoms with Crippen LogP contribution in [0.5, 0.6) is 0 Å². The number of rotatable bonds is 2. The van der Waals surface area contributed by atoms with Crippen LogP contribution in [-0.2, 0) is 0 Å². The number of carbonyl (C=O) groups is 2. The summed E-state index contributed by atoms with van der Waals surface area (Å²) in [7, 11) is 0. The third kappa shape index (κ3) is 2.23. The van der Waals surface area contributed by atoms with Crippen LogP contribution in [0.4, 0.5) is 0 Å². The Kier molecular flexibility index (Phi) is 3.05. The van der Waals surface area contributed by atoms with Crippen molar-refractivity contribution in [2.75, 3.05) is 0 Å². The van der Waals surface area contributed by atoms with Crippen LogP contribution in [0.25, 0.3) is 16.8 Å². The zero-order valence-corrected chi connectivity index (χ0v) is 12.2. The molecule has 0 spiro atoms. The predicted octanol–water partition coefficient (Wildman–Crippen LogP) is 3.81. The van der Waals surface area contributed by atoms with E-state index in [0.717, 1.165) is 16.3 Å². The van der Waals surface area contributed by atoms with Gasteiger partial charge in [-0.3, -0.25) is 9.59 Å². The van der Waals surface area contributed by atoms with Gasteiger partial charge in [-0.2, -0.15) is 0 Å². The lowest BCUT2D eigenvalue weighted by molar-refractivity contribution is 0.0936. The maximum Gasteiger partial charge on any atom is 0.255 e. The Hall–Kier alpha value is -3.20. The highest BCUT2D eigenvalue weighted by Gasteiger charge is 2.25. The van der Waals surface area contributed by atoms with Crippen molar-refractivity contribution in [3.8, 4) is 0 Å². The highest BCUT2D eigenvalue weighted by Crippen LogP contribution is 2.30. The summed E-state index contributed by atoms with van der Waals surface area (Å²) in [5.74, 6) is -0.419. The van der Waals surface area contributed by atoms with Crippen LogP contribution in [-0.4, -0.2) is 11.7 Å². The van der Waals surface area contributed by atoms with Crippen LogP contribution in [0.2, 0.25) is 0 Å². The summed E-state index contributed by atoms with van der Waals surface area (Å²) in [6.07, 6.45) is 1.76. The van der Waals surface area contributed by atoms with Crippen LogP contribution in [0.3, 0.4) is 0 Å². The molecular formula is C20H13NO2. The SMILES string of the molecule is O=C(NC1=Cc2c(ccc3ccccc23)C1=O)c1ccccc1. The molecule has 3 heteroatoms. The Labute approximate surface area is 133 Å². The van der Waals surface area contributed by atoms with Crippen molar-refractivity contribution in [3.05, 3.63) is 89.1 Å². The van der Waals surface area contributed by atoms with Crippen LogP contribution < -0.4 is 5.32 Å². The first kappa shape index (κ1) is 13.5. The largest absolute Gasteiger partial charge is 0.319 e. The molecule has 3 aromatic rings. The number of carbonyl (C=O) groups excluding carboxylic acids is 2. The van der Waals surface area contributed by atoms with E-state index in [1.165, 1.54) is 0 Å². The number of allylic oxidation sites excluding steroid dienone is 1. The average Bonchev–Trinajstić information content (AvgIpc) is 2.92. The van der Waals surface area contributed by atoms with Gasteiger partial charge < -0.3 is 5.32 Å². The molecule has 23 heavy (non-hydrogen) atoms. The van der Waals surface area contributed by atoms with E-state index in [4.69, 9.17) is 0 Å².